The van der Waals surface area contributed by atoms with Gasteiger partial charge in [-0.05, 0) is 45.0 Å². The van der Waals surface area contributed by atoms with Crippen molar-refractivity contribution in [1.29, 1.82) is 0 Å². The van der Waals surface area contributed by atoms with Gasteiger partial charge in [-0.15, -0.1) is 0 Å². The predicted molar refractivity (Wildman–Crippen MR) is 113 cm³/mol. The summed E-state index contributed by atoms with van der Waals surface area (Å²) in [4.78, 5) is 35.5. The Hall–Kier alpha value is -3.62. The number of nitro groups is 1. The number of amides is 1. The lowest BCUT2D eigenvalue weighted by molar-refractivity contribution is -0.385. The molecule has 0 aliphatic carbocycles. The minimum absolute atomic E-state index is 0.197. The van der Waals surface area contributed by atoms with Crippen LogP contribution in [0.1, 0.15) is 38.8 Å². The lowest BCUT2D eigenvalue weighted by Gasteiger charge is -2.19. The molecule has 9 heteroatoms. The van der Waals surface area contributed by atoms with Gasteiger partial charge in [0.25, 0.3) is 11.6 Å². The largest absolute Gasteiger partial charge is 0.494 e. The van der Waals surface area contributed by atoms with Gasteiger partial charge in [-0.2, -0.15) is 0 Å². The van der Waals surface area contributed by atoms with Gasteiger partial charge in [0.05, 0.1) is 35.7 Å². The third kappa shape index (κ3) is 7.61. The number of rotatable bonds is 11. The van der Waals surface area contributed by atoms with Gasteiger partial charge in [0.1, 0.15) is 11.5 Å². The summed E-state index contributed by atoms with van der Waals surface area (Å²) in [5.74, 6) is 0.0275. The van der Waals surface area contributed by atoms with E-state index in [4.69, 9.17) is 14.2 Å². The van der Waals surface area contributed by atoms with E-state index in [-0.39, 0.29) is 30.4 Å². The third-order valence-electron chi connectivity index (χ3n) is 4.09. The van der Waals surface area contributed by atoms with E-state index in [1.165, 1.54) is 18.2 Å². The van der Waals surface area contributed by atoms with E-state index in [9.17, 15) is 19.7 Å². The smallest absolute Gasteiger partial charge is 0.308 e. The summed E-state index contributed by atoms with van der Waals surface area (Å²) >= 11 is 0. The number of benzene rings is 2. The Kier molecular flexibility index (Phi) is 8.80. The molecule has 0 spiro atoms. The molecule has 166 valence electrons. The summed E-state index contributed by atoms with van der Waals surface area (Å²) in [7, 11) is 0. The first-order valence-corrected chi connectivity index (χ1v) is 9.88. The summed E-state index contributed by atoms with van der Waals surface area (Å²) in [5.41, 5.74) is 0.0141. The summed E-state index contributed by atoms with van der Waals surface area (Å²) < 4.78 is 16.0. The minimum Gasteiger partial charge on any atom is -0.494 e. The van der Waals surface area contributed by atoms with E-state index >= 15 is 0 Å². The first kappa shape index (κ1) is 23.7. The second kappa shape index (κ2) is 11.5. The summed E-state index contributed by atoms with van der Waals surface area (Å²) in [6.45, 7) is 5.47. The van der Waals surface area contributed by atoms with E-state index < -0.39 is 22.8 Å². The van der Waals surface area contributed by atoms with Crippen molar-refractivity contribution in [1.82, 2.24) is 5.32 Å². The number of ether oxygens (including phenoxy) is 3. The maximum Gasteiger partial charge on any atom is 0.308 e. The average molecular weight is 430 g/mol. The Morgan fingerprint density at radius 1 is 1.03 bits per heavy atom. The van der Waals surface area contributed by atoms with Crippen molar-refractivity contribution >= 4 is 17.6 Å². The molecule has 1 N–H and O–H groups in total. The zero-order chi connectivity index (χ0) is 22.8. The Bertz CT molecular complexity index is 897. The van der Waals surface area contributed by atoms with Gasteiger partial charge in [0.15, 0.2) is 6.61 Å². The van der Waals surface area contributed by atoms with E-state index in [1.807, 2.05) is 6.92 Å². The van der Waals surface area contributed by atoms with Crippen molar-refractivity contribution in [3.63, 3.8) is 0 Å². The lowest BCUT2D eigenvalue weighted by Crippen LogP contribution is -2.34. The van der Waals surface area contributed by atoms with Crippen LogP contribution in [0.5, 0.6) is 11.5 Å². The molecule has 0 heterocycles. The highest BCUT2D eigenvalue weighted by atomic mass is 16.6. The van der Waals surface area contributed by atoms with E-state index in [1.54, 1.807) is 44.2 Å². The monoisotopic (exact) mass is 430 g/mol. The molecule has 0 radical (unpaired) electrons. The molecule has 1 amide bonds. The highest BCUT2D eigenvalue weighted by Gasteiger charge is 2.26. The fraction of sp³-hybridized carbons (Fsp3) is 0.364. The average Bonchev–Trinajstić information content (AvgIpc) is 2.72. The van der Waals surface area contributed by atoms with Crippen LogP contribution < -0.4 is 14.8 Å². The summed E-state index contributed by atoms with van der Waals surface area (Å²) in [5, 5.41) is 14.0. The number of hydrogen-bond acceptors (Lipinski definition) is 7. The zero-order valence-electron chi connectivity index (χ0n) is 17.7. The number of carbonyl (C=O) groups excluding carboxylic acids is 2. The molecule has 0 aliphatic rings. The molecule has 2 rings (SSSR count). The molecule has 0 fully saturated rings. The number of para-hydroxylation sites is 1. The van der Waals surface area contributed by atoms with Crippen LogP contribution in [0.25, 0.3) is 0 Å². The summed E-state index contributed by atoms with van der Waals surface area (Å²) in [6, 6.07) is 11.8. The Balaban J connectivity index is 2.10. The van der Waals surface area contributed by atoms with E-state index in [2.05, 4.69) is 5.32 Å². The highest BCUT2D eigenvalue weighted by molar-refractivity contribution is 5.79. The van der Waals surface area contributed by atoms with Crippen LogP contribution in [0, 0.1) is 10.1 Å². The molecule has 0 bridgehead atoms. The van der Waals surface area contributed by atoms with Crippen LogP contribution in [0.3, 0.4) is 0 Å². The molecule has 0 saturated carbocycles. The normalized spacial score (nSPS) is 11.5. The molecular formula is C22H26N2O7. The maximum absolute atomic E-state index is 12.5. The van der Waals surface area contributed by atoms with Crippen molar-refractivity contribution in [2.24, 2.45) is 0 Å². The molecule has 1 atom stereocenters. The number of nitrogens with one attached hydrogen (secondary N) is 1. The zero-order valence-corrected chi connectivity index (χ0v) is 17.7. The molecule has 9 nitrogen and oxygen atoms in total. The van der Waals surface area contributed by atoms with Gasteiger partial charge in [0.2, 0.25) is 0 Å². The maximum atomic E-state index is 12.5. The van der Waals surface area contributed by atoms with Gasteiger partial charge >= 0.3 is 5.97 Å². The number of hydrogen-bond donors (Lipinski definition) is 1. The fourth-order valence-electron chi connectivity index (χ4n) is 2.85. The summed E-state index contributed by atoms with van der Waals surface area (Å²) in [6.07, 6.45) is -0.602. The van der Waals surface area contributed by atoms with Crippen molar-refractivity contribution in [2.75, 3.05) is 13.2 Å². The van der Waals surface area contributed by atoms with Crippen LogP contribution >= 0.6 is 0 Å². The van der Waals surface area contributed by atoms with Gasteiger partial charge in [-0.3, -0.25) is 19.7 Å². The van der Waals surface area contributed by atoms with Crippen molar-refractivity contribution in [3.8, 4) is 11.5 Å². The number of esters is 1. The van der Waals surface area contributed by atoms with Crippen molar-refractivity contribution < 1.29 is 28.7 Å². The molecule has 2 aromatic carbocycles. The van der Waals surface area contributed by atoms with Crippen molar-refractivity contribution in [2.45, 2.75) is 39.3 Å². The van der Waals surface area contributed by atoms with Gasteiger partial charge in [-0.25, -0.2) is 0 Å². The lowest BCUT2D eigenvalue weighted by atomic mass is 10.0. The minimum atomic E-state index is -0.940. The molecule has 0 aromatic heterocycles. The second-order valence-corrected chi connectivity index (χ2v) is 6.87. The van der Waals surface area contributed by atoms with Crippen LogP contribution in [0.2, 0.25) is 0 Å². The Morgan fingerprint density at radius 3 is 2.23 bits per heavy atom. The Morgan fingerprint density at radius 2 is 1.65 bits per heavy atom. The molecule has 0 aliphatic heterocycles. The molecule has 31 heavy (non-hydrogen) atoms. The SMILES string of the molecule is CCOc1ccc(OCC(=O)NC(CC(=O)OC(C)C)c2ccccc2[N+](=O)[O-])cc1. The first-order valence-electron chi connectivity index (χ1n) is 9.88. The van der Waals surface area contributed by atoms with Crippen molar-refractivity contribution in [3.05, 3.63) is 64.2 Å². The van der Waals surface area contributed by atoms with Crippen LogP contribution in [0.15, 0.2) is 48.5 Å². The highest BCUT2D eigenvalue weighted by Crippen LogP contribution is 2.27. The second-order valence-electron chi connectivity index (χ2n) is 6.87. The molecular weight excluding hydrogens is 404 g/mol. The van der Waals surface area contributed by atoms with Crippen LogP contribution in [0.4, 0.5) is 5.69 Å². The number of nitro benzene ring substituents is 1. The van der Waals surface area contributed by atoms with Gasteiger partial charge < -0.3 is 19.5 Å². The molecule has 2 aromatic rings. The Labute approximate surface area is 180 Å². The third-order valence-corrected chi connectivity index (χ3v) is 4.09. The fourth-order valence-corrected chi connectivity index (χ4v) is 2.85. The topological polar surface area (TPSA) is 117 Å². The molecule has 0 saturated heterocycles. The van der Waals surface area contributed by atoms with Gasteiger partial charge in [0, 0.05) is 6.07 Å². The number of carbonyl (C=O) groups is 2. The van der Waals surface area contributed by atoms with Crippen LogP contribution in [-0.2, 0) is 14.3 Å². The molecule has 1 unspecified atom stereocenters. The van der Waals surface area contributed by atoms with Gasteiger partial charge in [-0.1, -0.05) is 18.2 Å². The number of nitrogens with zero attached hydrogens (tertiary/aromatic N) is 1. The van der Waals surface area contributed by atoms with E-state index in [0.29, 0.717) is 18.1 Å². The standard InChI is InChI=1S/C22H26N2O7/c1-4-29-16-9-11-17(12-10-16)30-14-21(25)23-19(13-22(26)31-15(2)3)18-7-5-6-8-20(18)24(27)28/h5-12,15,19H,4,13-14H2,1-3H3,(H,23,25). The quantitative estimate of drug-likeness (QED) is 0.329. The van der Waals surface area contributed by atoms with Crippen LogP contribution in [-0.4, -0.2) is 36.1 Å². The van der Waals surface area contributed by atoms with E-state index in [0.717, 1.165) is 0 Å². The predicted octanol–water partition coefficient (Wildman–Crippen LogP) is 3.57. The first-order chi connectivity index (χ1) is 14.8.